The fourth-order valence-corrected chi connectivity index (χ4v) is 1.70. The lowest BCUT2D eigenvalue weighted by molar-refractivity contribution is 0.415. The highest BCUT2D eigenvalue weighted by Gasteiger charge is 2.07. The van der Waals surface area contributed by atoms with Crippen LogP contribution >= 0.6 is 11.6 Å². The Bertz CT molecular complexity index is 575. The predicted octanol–water partition coefficient (Wildman–Crippen LogP) is 2.50. The maximum Gasteiger partial charge on any atom is 0.252 e. The number of benzene rings is 1. The SMILES string of the molecule is COc1ccc2[nH]c(=O)c(C)c(Cl)c2c1. The average Bonchev–Trinajstić information content (AvgIpc) is 2.26. The number of methoxy groups -OCH3 is 1. The Kier molecular flexibility index (Phi) is 2.40. The molecular formula is C11H10ClNO2. The molecular weight excluding hydrogens is 214 g/mol. The Morgan fingerprint density at radius 3 is 2.80 bits per heavy atom. The van der Waals surface area contributed by atoms with E-state index in [4.69, 9.17) is 16.3 Å². The van der Waals surface area contributed by atoms with Gasteiger partial charge < -0.3 is 9.72 Å². The van der Waals surface area contributed by atoms with Gasteiger partial charge in [0.2, 0.25) is 0 Å². The van der Waals surface area contributed by atoms with Gasteiger partial charge in [-0.3, -0.25) is 4.79 Å². The van der Waals surface area contributed by atoms with Crippen molar-refractivity contribution in [3.05, 3.63) is 39.1 Å². The lowest BCUT2D eigenvalue weighted by Crippen LogP contribution is -2.09. The second-order valence-corrected chi connectivity index (χ2v) is 3.68. The lowest BCUT2D eigenvalue weighted by Gasteiger charge is -2.05. The molecule has 0 aliphatic carbocycles. The molecule has 0 radical (unpaired) electrons. The Balaban J connectivity index is 2.87. The van der Waals surface area contributed by atoms with E-state index in [0.29, 0.717) is 10.6 Å². The van der Waals surface area contributed by atoms with Crippen molar-refractivity contribution in [3.63, 3.8) is 0 Å². The third kappa shape index (κ3) is 1.59. The van der Waals surface area contributed by atoms with Gasteiger partial charge in [-0.1, -0.05) is 11.6 Å². The summed E-state index contributed by atoms with van der Waals surface area (Å²) in [5.41, 5.74) is 1.09. The van der Waals surface area contributed by atoms with Gasteiger partial charge in [0.25, 0.3) is 5.56 Å². The summed E-state index contributed by atoms with van der Waals surface area (Å²) in [4.78, 5) is 14.2. The molecule has 1 aromatic carbocycles. The summed E-state index contributed by atoms with van der Waals surface area (Å²) < 4.78 is 5.10. The summed E-state index contributed by atoms with van der Waals surface area (Å²) in [7, 11) is 1.59. The molecule has 1 N–H and O–H groups in total. The average molecular weight is 224 g/mol. The summed E-state index contributed by atoms with van der Waals surface area (Å²) in [6, 6.07) is 5.37. The van der Waals surface area contributed by atoms with Crippen molar-refractivity contribution in [1.82, 2.24) is 4.98 Å². The highest BCUT2D eigenvalue weighted by Crippen LogP contribution is 2.26. The first-order chi connectivity index (χ1) is 7.13. The zero-order valence-electron chi connectivity index (χ0n) is 8.43. The van der Waals surface area contributed by atoms with Gasteiger partial charge in [-0.05, 0) is 25.1 Å². The van der Waals surface area contributed by atoms with E-state index in [2.05, 4.69) is 4.98 Å². The van der Waals surface area contributed by atoms with Crippen LogP contribution in [0.3, 0.4) is 0 Å². The van der Waals surface area contributed by atoms with Crippen LogP contribution in [0.15, 0.2) is 23.0 Å². The van der Waals surface area contributed by atoms with E-state index in [-0.39, 0.29) is 5.56 Å². The Labute approximate surface area is 91.6 Å². The number of halogens is 1. The standard InChI is InChI=1S/C11H10ClNO2/c1-6-10(12)8-5-7(15-2)3-4-9(8)13-11(6)14/h3-5H,1-2H3,(H,13,14). The van der Waals surface area contributed by atoms with Crippen LogP contribution in [0, 0.1) is 6.92 Å². The number of fused-ring (bicyclic) bond motifs is 1. The zero-order chi connectivity index (χ0) is 11.0. The van der Waals surface area contributed by atoms with E-state index in [1.807, 2.05) is 0 Å². The van der Waals surface area contributed by atoms with Gasteiger partial charge in [-0.15, -0.1) is 0 Å². The first kappa shape index (κ1) is 10.1. The molecule has 0 spiro atoms. The van der Waals surface area contributed by atoms with Crippen LogP contribution in [-0.4, -0.2) is 12.1 Å². The zero-order valence-corrected chi connectivity index (χ0v) is 9.18. The Morgan fingerprint density at radius 2 is 2.13 bits per heavy atom. The number of pyridine rings is 1. The fourth-order valence-electron chi connectivity index (χ4n) is 1.46. The summed E-state index contributed by atoms with van der Waals surface area (Å²) >= 11 is 6.08. The summed E-state index contributed by atoms with van der Waals surface area (Å²) in [5.74, 6) is 0.718. The van der Waals surface area contributed by atoms with Crippen LogP contribution in [0.25, 0.3) is 10.9 Å². The first-order valence-corrected chi connectivity index (χ1v) is 4.87. The van der Waals surface area contributed by atoms with E-state index < -0.39 is 0 Å². The minimum absolute atomic E-state index is 0.155. The molecule has 0 aliphatic heterocycles. The van der Waals surface area contributed by atoms with Crippen molar-refractivity contribution in [3.8, 4) is 5.75 Å². The van der Waals surface area contributed by atoms with Crippen molar-refractivity contribution in [2.75, 3.05) is 7.11 Å². The molecule has 1 aromatic heterocycles. The highest BCUT2D eigenvalue weighted by molar-refractivity contribution is 6.36. The number of ether oxygens (including phenoxy) is 1. The monoisotopic (exact) mass is 223 g/mol. The number of aromatic nitrogens is 1. The Morgan fingerprint density at radius 1 is 1.40 bits per heavy atom. The molecule has 0 saturated heterocycles. The third-order valence-electron chi connectivity index (χ3n) is 2.38. The molecule has 3 nitrogen and oxygen atoms in total. The van der Waals surface area contributed by atoms with Crippen molar-refractivity contribution in [1.29, 1.82) is 0 Å². The maximum absolute atomic E-state index is 11.4. The summed E-state index contributed by atoms with van der Waals surface area (Å²) in [6.45, 7) is 1.69. The molecule has 0 fully saturated rings. The van der Waals surface area contributed by atoms with Crippen LogP contribution in [0.1, 0.15) is 5.56 Å². The van der Waals surface area contributed by atoms with Gasteiger partial charge >= 0.3 is 0 Å². The van der Waals surface area contributed by atoms with Crippen LogP contribution in [0.2, 0.25) is 5.02 Å². The molecule has 0 unspecified atom stereocenters. The number of nitrogens with one attached hydrogen (secondary N) is 1. The van der Waals surface area contributed by atoms with E-state index >= 15 is 0 Å². The van der Waals surface area contributed by atoms with Crippen molar-refractivity contribution >= 4 is 22.5 Å². The minimum atomic E-state index is -0.155. The molecule has 0 amide bonds. The molecule has 78 valence electrons. The number of hydrogen-bond acceptors (Lipinski definition) is 2. The molecule has 0 saturated carbocycles. The van der Waals surface area contributed by atoms with Crippen LogP contribution < -0.4 is 10.3 Å². The van der Waals surface area contributed by atoms with Crippen LogP contribution in [0.5, 0.6) is 5.75 Å². The quantitative estimate of drug-likeness (QED) is 0.807. The van der Waals surface area contributed by atoms with Gasteiger partial charge in [-0.2, -0.15) is 0 Å². The van der Waals surface area contributed by atoms with Crippen molar-refractivity contribution in [2.45, 2.75) is 6.92 Å². The van der Waals surface area contributed by atoms with Gasteiger partial charge in [0.05, 0.1) is 17.6 Å². The van der Waals surface area contributed by atoms with Gasteiger partial charge in [0.1, 0.15) is 5.75 Å². The number of rotatable bonds is 1. The van der Waals surface area contributed by atoms with E-state index in [1.165, 1.54) is 0 Å². The smallest absolute Gasteiger partial charge is 0.252 e. The van der Waals surface area contributed by atoms with Crippen LogP contribution in [-0.2, 0) is 0 Å². The lowest BCUT2D eigenvalue weighted by atomic mass is 10.1. The normalized spacial score (nSPS) is 10.6. The highest BCUT2D eigenvalue weighted by atomic mass is 35.5. The van der Waals surface area contributed by atoms with Gasteiger partial charge in [0, 0.05) is 10.9 Å². The largest absolute Gasteiger partial charge is 0.497 e. The van der Waals surface area contributed by atoms with Crippen molar-refractivity contribution < 1.29 is 4.74 Å². The molecule has 4 heteroatoms. The number of aromatic amines is 1. The number of hydrogen-bond donors (Lipinski definition) is 1. The molecule has 2 rings (SSSR count). The minimum Gasteiger partial charge on any atom is -0.497 e. The van der Waals surface area contributed by atoms with Gasteiger partial charge in [0.15, 0.2) is 0 Å². The third-order valence-corrected chi connectivity index (χ3v) is 2.87. The van der Waals surface area contributed by atoms with E-state index in [0.717, 1.165) is 16.7 Å². The predicted molar refractivity (Wildman–Crippen MR) is 60.9 cm³/mol. The molecule has 15 heavy (non-hydrogen) atoms. The topological polar surface area (TPSA) is 42.1 Å². The maximum atomic E-state index is 11.4. The first-order valence-electron chi connectivity index (χ1n) is 4.49. The molecule has 2 aromatic rings. The van der Waals surface area contributed by atoms with Gasteiger partial charge in [-0.25, -0.2) is 0 Å². The van der Waals surface area contributed by atoms with E-state index in [9.17, 15) is 4.79 Å². The molecule has 0 aliphatic rings. The second-order valence-electron chi connectivity index (χ2n) is 3.30. The molecule has 1 heterocycles. The van der Waals surface area contributed by atoms with E-state index in [1.54, 1.807) is 32.2 Å². The number of H-pyrrole nitrogens is 1. The van der Waals surface area contributed by atoms with Crippen molar-refractivity contribution in [2.24, 2.45) is 0 Å². The molecule has 0 bridgehead atoms. The summed E-state index contributed by atoms with van der Waals surface area (Å²) in [6.07, 6.45) is 0. The molecule has 0 atom stereocenters. The summed E-state index contributed by atoms with van der Waals surface area (Å²) in [5, 5.41) is 1.28. The Hall–Kier alpha value is -1.48. The van der Waals surface area contributed by atoms with Crippen LogP contribution in [0.4, 0.5) is 0 Å². The fraction of sp³-hybridized carbons (Fsp3) is 0.182. The second kappa shape index (κ2) is 3.59.